The number of carbonyl (C=O) groups is 1. The number of hydrogen-bond acceptors (Lipinski definition) is 5. The molecule has 1 saturated carbocycles. The summed E-state index contributed by atoms with van der Waals surface area (Å²) < 4.78 is 2.03. The first kappa shape index (κ1) is 13.7. The number of amides is 1. The fourth-order valence-electron chi connectivity index (χ4n) is 3.36. The van der Waals surface area contributed by atoms with Crippen molar-refractivity contribution in [1.82, 2.24) is 29.9 Å². The lowest BCUT2D eigenvalue weighted by Crippen LogP contribution is -2.32. The van der Waals surface area contributed by atoms with Crippen LogP contribution in [0, 0.1) is 11.3 Å². The van der Waals surface area contributed by atoms with Crippen LogP contribution in [0.3, 0.4) is 0 Å². The molecule has 23 heavy (non-hydrogen) atoms. The van der Waals surface area contributed by atoms with Crippen LogP contribution >= 0.6 is 0 Å². The topological polar surface area (TPSA) is 112 Å². The SMILES string of the molecule is N#CCC(=O)N[C@@H]1CC[C@H](c2nnc3cnc4[nH]ccc4n23)C1. The van der Waals surface area contributed by atoms with Crippen molar-refractivity contribution in [3.05, 3.63) is 24.3 Å². The minimum atomic E-state index is -0.207. The number of fused-ring (bicyclic) bond motifs is 3. The predicted octanol–water partition coefficient (Wildman–Crippen LogP) is 1.27. The van der Waals surface area contributed by atoms with Crippen molar-refractivity contribution < 1.29 is 4.79 Å². The van der Waals surface area contributed by atoms with E-state index in [0.29, 0.717) is 0 Å². The minimum absolute atomic E-state index is 0.0926. The molecule has 3 aromatic rings. The largest absolute Gasteiger partial charge is 0.352 e. The van der Waals surface area contributed by atoms with Crippen molar-refractivity contribution in [3.63, 3.8) is 0 Å². The van der Waals surface area contributed by atoms with Gasteiger partial charge in [0.05, 0.1) is 17.8 Å². The van der Waals surface area contributed by atoms with E-state index in [1.54, 1.807) is 6.20 Å². The van der Waals surface area contributed by atoms with Crippen molar-refractivity contribution >= 4 is 22.7 Å². The van der Waals surface area contributed by atoms with Crippen molar-refractivity contribution in [2.75, 3.05) is 0 Å². The molecule has 1 fully saturated rings. The number of nitrogens with zero attached hydrogens (tertiary/aromatic N) is 5. The lowest BCUT2D eigenvalue weighted by atomic mass is 10.1. The van der Waals surface area contributed by atoms with Gasteiger partial charge in [-0.05, 0) is 25.3 Å². The number of H-pyrrole nitrogens is 1. The van der Waals surface area contributed by atoms with Gasteiger partial charge < -0.3 is 10.3 Å². The predicted molar refractivity (Wildman–Crippen MR) is 81.4 cm³/mol. The first-order valence-electron chi connectivity index (χ1n) is 7.59. The van der Waals surface area contributed by atoms with Crippen molar-refractivity contribution in [2.24, 2.45) is 0 Å². The van der Waals surface area contributed by atoms with E-state index in [1.807, 2.05) is 22.7 Å². The number of aromatic amines is 1. The van der Waals surface area contributed by atoms with Crippen molar-refractivity contribution in [2.45, 2.75) is 37.6 Å². The van der Waals surface area contributed by atoms with Gasteiger partial charge in [-0.3, -0.25) is 9.20 Å². The number of rotatable bonds is 3. The van der Waals surface area contributed by atoms with Gasteiger partial charge in [-0.15, -0.1) is 10.2 Å². The van der Waals surface area contributed by atoms with Gasteiger partial charge in [0.1, 0.15) is 12.2 Å². The molecule has 0 aromatic carbocycles. The van der Waals surface area contributed by atoms with Crippen LogP contribution in [0.15, 0.2) is 18.5 Å². The van der Waals surface area contributed by atoms with Crippen molar-refractivity contribution in [3.8, 4) is 6.07 Å². The number of nitrogens with one attached hydrogen (secondary N) is 2. The molecule has 2 atom stereocenters. The molecule has 0 radical (unpaired) electrons. The molecule has 116 valence electrons. The fourth-order valence-corrected chi connectivity index (χ4v) is 3.36. The summed E-state index contributed by atoms with van der Waals surface area (Å²) in [5, 5.41) is 20.1. The second-order valence-electron chi connectivity index (χ2n) is 5.83. The molecule has 1 amide bonds. The molecule has 0 bridgehead atoms. The Morgan fingerprint density at radius 1 is 1.48 bits per heavy atom. The van der Waals surface area contributed by atoms with E-state index < -0.39 is 0 Å². The summed E-state index contributed by atoms with van der Waals surface area (Å²) in [6.45, 7) is 0. The molecule has 0 spiro atoms. The van der Waals surface area contributed by atoms with Crippen molar-refractivity contribution in [1.29, 1.82) is 5.26 Å². The number of aromatic nitrogens is 5. The fraction of sp³-hybridized carbons (Fsp3) is 0.400. The van der Waals surface area contributed by atoms with Gasteiger partial charge in [-0.2, -0.15) is 5.26 Å². The highest BCUT2D eigenvalue weighted by Crippen LogP contribution is 2.34. The smallest absolute Gasteiger partial charge is 0.234 e. The molecule has 2 N–H and O–H groups in total. The third-order valence-corrected chi connectivity index (χ3v) is 4.37. The summed E-state index contributed by atoms with van der Waals surface area (Å²) in [5.74, 6) is 0.934. The minimum Gasteiger partial charge on any atom is -0.352 e. The van der Waals surface area contributed by atoms with Gasteiger partial charge in [0, 0.05) is 18.2 Å². The highest BCUT2D eigenvalue weighted by Gasteiger charge is 2.30. The number of carbonyl (C=O) groups excluding carboxylic acids is 1. The van der Waals surface area contributed by atoms with Gasteiger partial charge >= 0.3 is 0 Å². The normalized spacial score (nSPS) is 20.8. The Bertz CT molecular complexity index is 919. The van der Waals surface area contributed by atoms with Crippen LogP contribution in [-0.4, -0.2) is 36.5 Å². The summed E-state index contributed by atoms with van der Waals surface area (Å²) >= 11 is 0. The molecule has 8 nitrogen and oxygen atoms in total. The zero-order valence-corrected chi connectivity index (χ0v) is 12.4. The molecular weight excluding hydrogens is 294 g/mol. The Morgan fingerprint density at radius 2 is 2.39 bits per heavy atom. The standard InChI is InChI=1S/C15H15N7O/c16-5-3-13(23)19-10-2-1-9(7-10)15-21-20-12-8-18-14-11(22(12)15)4-6-17-14/h4,6,8-10,17H,1-3,7H2,(H,19,23)/t9-,10+/m0/s1. The monoisotopic (exact) mass is 309 g/mol. The summed E-state index contributed by atoms with van der Waals surface area (Å²) in [6, 6.07) is 3.93. The summed E-state index contributed by atoms with van der Waals surface area (Å²) in [7, 11) is 0. The van der Waals surface area contributed by atoms with Gasteiger partial charge in [0.2, 0.25) is 5.91 Å². The first-order chi connectivity index (χ1) is 11.3. The highest BCUT2D eigenvalue weighted by atomic mass is 16.1. The molecule has 4 rings (SSSR count). The van der Waals surface area contributed by atoms with Crippen LogP contribution in [0.1, 0.15) is 37.4 Å². The lowest BCUT2D eigenvalue weighted by Gasteiger charge is -2.12. The average Bonchev–Trinajstić information content (AvgIpc) is 3.24. The van der Waals surface area contributed by atoms with E-state index in [9.17, 15) is 4.79 Å². The van der Waals surface area contributed by atoms with Crippen LogP contribution in [0.25, 0.3) is 16.8 Å². The van der Waals surface area contributed by atoms with E-state index >= 15 is 0 Å². The third kappa shape index (κ3) is 2.30. The van der Waals surface area contributed by atoms with E-state index in [1.165, 1.54) is 0 Å². The summed E-state index contributed by atoms with van der Waals surface area (Å²) in [4.78, 5) is 19.0. The van der Waals surface area contributed by atoms with Crippen LogP contribution in [0.5, 0.6) is 0 Å². The summed E-state index contributed by atoms with van der Waals surface area (Å²) in [6.07, 6.45) is 6.10. The second kappa shape index (κ2) is 5.35. The van der Waals surface area contributed by atoms with Crippen LogP contribution < -0.4 is 5.32 Å². The second-order valence-corrected chi connectivity index (χ2v) is 5.83. The quantitative estimate of drug-likeness (QED) is 0.756. The maximum Gasteiger partial charge on any atom is 0.234 e. The number of hydrogen-bond donors (Lipinski definition) is 2. The molecule has 3 aromatic heterocycles. The Labute approximate surface area is 131 Å². The maximum atomic E-state index is 11.6. The van der Waals surface area contributed by atoms with E-state index in [-0.39, 0.29) is 24.3 Å². The van der Waals surface area contributed by atoms with Gasteiger partial charge in [-0.1, -0.05) is 0 Å². The zero-order valence-electron chi connectivity index (χ0n) is 12.4. The summed E-state index contributed by atoms with van der Waals surface area (Å²) in [5.41, 5.74) is 2.49. The molecule has 0 aliphatic heterocycles. The van der Waals surface area contributed by atoms with Gasteiger partial charge in [-0.25, -0.2) is 4.98 Å². The first-order valence-corrected chi connectivity index (χ1v) is 7.59. The highest BCUT2D eigenvalue weighted by molar-refractivity contribution is 5.78. The van der Waals surface area contributed by atoms with Crippen LogP contribution in [0.4, 0.5) is 0 Å². The van der Waals surface area contributed by atoms with Gasteiger partial charge in [0.25, 0.3) is 0 Å². The Morgan fingerprint density at radius 3 is 3.26 bits per heavy atom. The van der Waals surface area contributed by atoms with E-state index in [2.05, 4.69) is 25.5 Å². The molecule has 0 saturated heterocycles. The van der Waals surface area contributed by atoms with E-state index in [0.717, 1.165) is 41.9 Å². The van der Waals surface area contributed by atoms with E-state index in [4.69, 9.17) is 5.26 Å². The Hall–Kier alpha value is -2.95. The molecule has 3 heterocycles. The molecular formula is C15H15N7O. The average molecular weight is 309 g/mol. The maximum absolute atomic E-state index is 11.6. The molecule has 1 aliphatic rings. The Balaban J connectivity index is 1.62. The number of nitriles is 1. The zero-order chi connectivity index (χ0) is 15.8. The Kier molecular flexibility index (Phi) is 3.19. The third-order valence-electron chi connectivity index (χ3n) is 4.37. The van der Waals surface area contributed by atoms with Crippen LogP contribution in [0.2, 0.25) is 0 Å². The molecule has 1 aliphatic carbocycles. The molecule has 0 unspecified atom stereocenters. The van der Waals surface area contributed by atoms with Gasteiger partial charge in [0.15, 0.2) is 11.3 Å². The lowest BCUT2D eigenvalue weighted by molar-refractivity contribution is -0.120. The van der Waals surface area contributed by atoms with Crippen LogP contribution in [-0.2, 0) is 4.79 Å². The molecule has 8 heteroatoms.